The highest BCUT2D eigenvalue weighted by atomic mass is 16.8. The number of allylic oxidation sites excluding steroid dienone is 2. The minimum Gasteiger partial charge on any atom is -0.469 e. The summed E-state index contributed by atoms with van der Waals surface area (Å²) >= 11 is 0. The zero-order chi connectivity index (χ0) is 14.8. The monoisotopic (exact) mass is 284 g/mol. The van der Waals surface area contributed by atoms with Crippen molar-refractivity contribution in [2.24, 2.45) is 0 Å². The SMILES string of the molecule is COC(=O)CCCC=CCCC1(OC)C=CC(OC)O1. The lowest BCUT2D eigenvalue weighted by Gasteiger charge is -2.26. The fourth-order valence-electron chi connectivity index (χ4n) is 1.97. The third kappa shape index (κ3) is 5.45. The maximum absolute atomic E-state index is 10.9. The second kappa shape index (κ2) is 8.89. The molecule has 2 unspecified atom stereocenters. The average molecular weight is 284 g/mol. The molecule has 0 spiro atoms. The molecule has 0 saturated carbocycles. The van der Waals surface area contributed by atoms with Crippen LogP contribution in [0.5, 0.6) is 0 Å². The molecule has 0 fully saturated rings. The Labute approximate surface area is 120 Å². The molecule has 0 aromatic carbocycles. The Kier molecular flexibility index (Phi) is 7.51. The van der Waals surface area contributed by atoms with Crippen LogP contribution in [0.4, 0.5) is 0 Å². The average Bonchev–Trinajstić information content (AvgIpc) is 2.90. The van der Waals surface area contributed by atoms with Gasteiger partial charge in [-0.1, -0.05) is 12.2 Å². The molecule has 0 saturated heterocycles. The maximum atomic E-state index is 10.9. The minimum absolute atomic E-state index is 0.160. The van der Waals surface area contributed by atoms with Gasteiger partial charge in [-0.25, -0.2) is 0 Å². The van der Waals surface area contributed by atoms with Gasteiger partial charge in [-0.05, 0) is 31.4 Å². The van der Waals surface area contributed by atoms with Crippen molar-refractivity contribution in [3.8, 4) is 0 Å². The lowest BCUT2D eigenvalue weighted by Crippen LogP contribution is -2.32. The molecular formula is C15H24O5. The van der Waals surface area contributed by atoms with E-state index in [4.69, 9.17) is 14.2 Å². The maximum Gasteiger partial charge on any atom is 0.305 e. The van der Waals surface area contributed by atoms with Gasteiger partial charge in [0.15, 0.2) is 12.1 Å². The van der Waals surface area contributed by atoms with Crippen molar-refractivity contribution < 1.29 is 23.7 Å². The molecule has 1 rings (SSSR count). The van der Waals surface area contributed by atoms with Crippen molar-refractivity contribution in [3.05, 3.63) is 24.3 Å². The summed E-state index contributed by atoms with van der Waals surface area (Å²) in [6.45, 7) is 0. The van der Waals surface area contributed by atoms with Crippen molar-refractivity contribution in [1.82, 2.24) is 0 Å². The molecule has 0 N–H and O–H groups in total. The zero-order valence-electron chi connectivity index (χ0n) is 12.5. The fraction of sp³-hybridized carbons (Fsp3) is 0.667. The van der Waals surface area contributed by atoms with E-state index in [0.717, 1.165) is 25.7 Å². The van der Waals surface area contributed by atoms with Gasteiger partial charge in [-0.2, -0.15) is 0 Å². The number of methoxy groups -OCH3 is 3. The van der Waals surface area contributed by atoms with E-state index >= 15 is 0 Å². The van der Waals surface area contributed by atoms with Crippen LogP contribution in [0.2, 0.25) is 0 Å². The summed E-state index contributed by atoms with van der Waals surface area (Å²) in [4.78, 5) is 10.9. The topological polar surface area (TPSA) is 54.0 Å². The van der Waals surface area contributed by atoms with E-state index in [1.807, 2.05) is 12.2 Å². The summed E-state index contributed by atoms with van der Waals surface area (Å²) in [5, 5.41) is 0. The van der Waals surface area contributed by atoms with Gasteiger partial charge in [-0.15, -0.1) is 0 Å². The standard InChI is InChI=1S/C15H24O5/c1-17-13(16)9-7-5-4-6-8-11-15(19-3)12-10-14(18-2)20-15/h4,6,10,12,14H,5,7-9,11H2,1-3H3. The molecule has 0 radical (unpaired) electrons. The quantitative estimate of drug-likeness (QED) is 0.370. The Hall–Kier alpha value is -1.17. The molecule has 1 aliphatic rings. The Morgan fingerprint density at radius 2 is 2.05 bits per heavy atom. The molecule has 2 atom stereocenters. The number of carbonyl (C=O) groups is 1. The van der Waals surface area contributed by atoms with Crippen molar-refractivity contribution >= 4 is 5.97 Å². The molecule has 0 aliphatic carbocycles. The summed E-state index contributed by atoms with van der Waals surface area (Å²) in [5.41, 5.74) is 0. The predicted octanol–water partition coefficient (Wildman–Crippen LogP) is 2.57. The molecule has 1 aliphatic heterocycles. The highest BCUT2D eigenvalue weighted by molar-refractivity contribution is 5.68. The van der Waals surface area contributed by atoms with Gasteiger partial charge in [0.05, 0.1) is 7.11 Å². The number of ether oxygens (including phenoxy) is 4. The molecule has 5 nitrogen and oxygen atoms in total. The Bertz CT molecular complexity index is 350. The van der Waals surface area contributed by atoms with Gasteiger partial charge in [0.1, 0.15) is 0 Å². The molecule has 0 aromatic heterocycles. The van der Waals surface area contributed by atoms with E-state index in [2.05, 4.69) is 16.9 Å². The van der Waals surface area contributed by atoms with E-state index in [9.17, 15) is 4.79 Å². The molecule has 1 heterocycles. The fourth-order valence-corrected chi connectivity index (χ4v) is 1.97. The summed E-state index contributed by atoms with van der Waals surface area (Å²) in [6.07, 6.45) is 11.3. The van der Waals surface area contributed by atoms with Gasteiger partial charge in [0.25, 0.3) is 0 Å². The van der Waals surface area contributed by atoms with Crippen LogP contribution < -0.4 is 0 Å². The van der Waals surface area contributed by atoms with Crippen LogP contribution in [0.3, 0.4) is 0 Å². The smallest absolute Gasteiger partial charge is 0.305 e. The number of hydrogen-bond donors (Lipinski definition) is 0. The number of carbonyl (C=O) groups excluding carboxylic acids is 1. The van der Waals surface area contributed by atoms with Crippen LogP contribution in [0.25, 0.3) is 0 Å². The first-order chi connectivity index (χ1) is 9.65. The van der Waals surface area contributed by atoms with Crippen LogP contribution >= 0.6 is 0 Å². The lowest BCUT2D eigenvalue weighted by atomic mass is 10.1. The zero-order valence-corrected chi connectivity index (χ0v) is 12.5. The van der Waals surface area contributed by atoms with Crippen LogP contribution in [0.15, 0.2) is 24.3 Å². The van der Waals surface area contributed by atoms with E-state index in [-0.39, 0.29) is 12.3 Å². The Morgan fingerprint density at radius 3 is 2.65 bits per heavy atom. The van der Waals surface area contributed by atoms with Gasteiger partial charge < -0.3 is 18.9 Å². The summed E-state index contributed by atoms with van der Waals surface area (Å²) in [5.74, 6) is -0.844. The Morgan fingerprint density at radius 1 is 1.30 bits per heavy atom. The summed E-state index contributed by atoms with van der Waals surface area (Å²) < 4.78 is 20.8. The highest BCUT2D eigenvalue weighted by Crippen LogP contribution is 2.29. The van der Waals surface area contributed by atoms with E-state index in [1.54, 1.807) is 14.2 Å². The summed E-state index contributed by atoms with van der Waals surface area (Å²) in [7, 11) is 4.63. The summed E-state index contributed by atoms with van der Waals surface area (Å²) in [6, 6.07) is 0. The van der Waals surface area contributed by atoms with Gasteiger partial charge in [-0.3, -0.25) is 4.79 Å². The first-order valence-corrected chi connectivity index (χ1v) is 6.82. The third-order valence-electron chi connectivity index (χ3n) is 3.21. The van der Waals surface area contributed by atoms with Gasteiger partial charge >= 0.3 is 5.97 Å². The van der Waals surface area contributed by atoms with Crippen molar-refractivity contribution in [3.63, 3.8) is 0 Å². The first-order valence-electron chi connectivity index (χ1n) is 6.82. The van der Waals surface area contributed by atoms with Crippen LogP contribution in [-0.4, -0.2) is 39.4 Å². The molecule has 0 aromatic rings. The van der Waals surface area contributed by atoms with Crippen LogP contribution in [0, 0.1) is 0 Å². The lowest BCUT2D eigenvalue weighted by molar-refractivity contribution is -0.244. The van der Waals surface area contributed by atoms with Crippen LogP contribution in [0.1, 0.15) is 32.1 Å². The molecule has 114 valence electrons. The van der Waals surface area contributed by atoms with E-state index in [1.165, 1.54) is 7.11 Å². The molecule has 0 amide bonds. The molecular weight excluding hydrogens is 260 g/mol. The first kappa shape index (κ1) is 16.9. The van der Waals surface area contributed by atoms with Gasteiger partial charge in [0, 0.05) is 27.1 Å². The van der Waals surface area contributed by atoms with E-state index < -0.39 is 5.79 Å². The number of rotatable bonds is 9. The van der Waals surface area contributed by atoms with Crippen LogP contribution in [-0.2, 0) is 23.7 Å². The normalized spacial score (nSPS) is 25.4. The number of unbranched alkanes of at least 4 members (excludes halogenated alkanes) is 1. The number of hydrogen-bond acceptors (Lipinski definition) is 5. The minimum atomic E-state index is -0.683. The second-order valence-corrected chi connectivity index (χ2v) is 4.58. The molecule has 20 heavy (non-hydrogen) atoms. The van der Waals surface area contributed by atoms with E-state index in [0.29, 0.717) is 6.42 Å². The highest BCUT2D eigenvalue weighted by Gasteiger charge is 2.34. The largest absolute Gasteiger partial charge is 0.469 e. The molecule has 5 heteroatoms. The van der Waals surface area contributed by atoms with Crippen molar-refractivity contribution in [2.45, 2.75) is 44.2 Å². The number of esters is 1. The van der Waals surface area contributed by atoms with Crippen molar-refractivity contribution in [1.29, 1.82) is 0 Å². The second-order valence-electron chi connectivity index (χ2n) is 4.58. The predicted molar refractivity (Wildman–Crippen MR) is 75.0 cm³/mol. The Balaban J connectivity index is 2.19. The van der Waals surface area contributed by atoms with Gasteiger partial charge in [0.2, 0.25) is 0 Å². The third-order valence-corrected chi connectivity index (χ3v) is 3.21. The molecule has 0 bridgehead atoms. The van der Waals surface area contributed by atoms with Crippen molar-refractivity contribution in [2.75, 3.05) is 21.3 Å².